The molecule has 1 radical (unpaired) electrons. The lowest BCUT2D eigenvalue weighted by Gasteiger charge is -1.92. The minimum atomic E-state index is 1.20. The molecule has 1 aliphatic carbocycles. The molecule has 0 aromatic carbocycles. The van der Waals surface area contributed by atoms with Crippen molar-refractivity contribution in [2.24, 2.45) is 0 Å². The highest BCUT2D eigenvalue weighted by atomic mass is 13.9. The van der Waals surface area contributed by atoms with Crippen molar-refractivity contribution in [1.82, 2.24) is 0 Å². The molecule has 0 aromatic heterocycles. The van der Waals surface area contributed by atoms with Crippen molar-refractivity contribution in [3.8, 4) is 0 Å². The van der Waals surface area contributed by atoms with Crippen LogP contribution in [0.25, 0.3) is 0 Å². The summed E-state index contributed by atoms with van der Waals surface area (Å²) < 4.78 is 0. The van der Waals surface area contributed by atoms with Crippen LogP contribution in [0.4, 0.5) is 0 Å². The van der Waals surface area contributed by atoms with Gasteiger partial charge in [0.1, 0.15) is 0 Å². The predicted molar refractivity (Wildman–Crippen MR) is 59.4 cm³/mol. The fraction of sp³-hybridized carbons (Fsp3) is 0.462. The summed E-state index contributed by atoms with van der Waals surface area (Å²) in [6.07, 6.45) is 23.0. The summed E-state index contributed by atoms with van der Waals surface area (Å²) in [4.78, 5) is 0. The van der Waals surface area contributed by atoms with Gasteiger partial charge in [-0.15, -0.1) is 0 Å². The summed E-state index contributed by atoms with van der Waals surface area (Å²) >= 11 is 0. The first-order chi connectivity index (χ1) is 6.50. The lowest BCUT2D eigenvalue weighted by Crippen LogP contribution is -1.73. The van der Waals surface area contributed by atoms with Gasteiger partial charge >= 0.3 is 0 Å². The molecule has 0 saturated carbocycles. The second-order valence-corrected chi connectivity index (χ2v) is 3.38. The second-order valence-electron chi connectivity index (χ2n) is 3.38. The molecule has 0 heteroatoms. The zero-order chi connectivity index (χ0) is 9.19. The lowest BCUT2D eigenvalue weighted by molar-refractivity contribution is 0.839. The molecule has 1 aliphatic rings. The molecule has 13 heavy (non-hydrogen) atoms. The third kappa shape index (κ3) is 6.39. The van der Waals surface area contributed by atoms with Crippen molar-refractivity contribution < 1.29 is 0 Å². The maximum atomic E-state index is 2.28. The Morgan fingerprint density at radius 1 is 0.538 bits per heavy atom. The van der Waals surface area contributed by atoms with E-state index in [1.807, 2.05) is 0 Å². The molecule has 0 spiro atoms. The first-order valence-electron chi connectivity index (χ1n) is 5.30. The van der Waals surface area contributed by atoms with Crippen LogP contribution < -0.4 is 0 Å². The summed E-state index contributed by atoms with van der Waals surface area (Å²) in [6, 6.07) is 0. The normalized spacial score (nSPS) is 20.3. The van der Waals surface area contributed by atoms with Gasteiger partial charge in [-0.1, -0.05) is 36.5 Å². The molecule has 0 bridgehead atoms. The van der Waals surface area contributed by atoms with Crippen molar-refractivity contribution in [2.45, 2.75) is 38.5 Å². The highest BCUT2D eigenvalue weighted by molar-refractivity contribution is 5.03. The Kier molecular flexibility index (Phi) is 6.22. The van der Waals surface area contributed by atoms with Crippen LogP contribution in [0.2, 0.25) is 0 Å². The van der Waals surface area contributed by atoms with Gasteiger partial charge in [-0.05, 0) is 44.9 Å². The minimum absolute atomic E-state index is 1.20. The van der Waals surface area contributed by atoms with Crippen LogP contribution in [0.5, 0.6) is 0 Å². The SMILES string of the molecule is [CH]1C=CCCCC=CC=CCCC1. The third-order valence-corrected chi connectivity index (χ3v) is 2.14. The average Bonchev–Trinajstić information content (AvgIpc) is 2.18. The molecule has 0 atom stereocenters. The molecule has 0 heterocycles. The molecule has 0 aromatic rings. The minimum Gasteiger partial charge on any atom is -0.0882 e. The summed E-state index contributed by atoms with van der Waals surface area (Å²) in [5, 5.41) is 0. The van der Waals surface area contributed by atoms with Gasteiger partial charge in [0.25, 0.3) is 0 Å². The lowest BCUT2D eigenvalue weighted by atomic mass is 10.1. The standard InChI is InChI=1S/C13H19/c1-2-4-6-8-10-12-13-11-9-7-5-3-1/h1-4,11-13H,5-10H2. The molecule has 0 unspecified atom stereocenters. The van der Waals surface area contributed by atoms with E-state index in [2.05, 4.69) is 42.9 Å². The van der Waals surface area contributed by atoms with E-state index in [4.69, 9.17) is 0 Å². The fourth-order valence-corrected chi connectivity index (χ4v) is 1.35. The smallest absolute Gasteiger partial charge is 0.0170 e. The zero-order valence-electron chi connectivity index (χ0n) is 8.28. The average molecular weight is 175 g/mol. The summed E-state index contributed by atoms with van der Waals surface area (Å²) in [7, 11) is 0. The molecule has 0 N–H and O–H groups in total. The van der Waals surface area contributed by atoms with Crippen molar-refractivity contribution >= 4 is 0 Å². The van der Waals surface area contributed by atoms with Gasteiger partial charge in [0.2, 0.25) is 0 Å². The van der Waals surface area contributed by atoms with Crippen molar-refractivity contribution in [3.05, 3.63) is 42.9 Å². The van der Waals surface area contributed by atoms with E-state index in [0.717, 1.165) is 0 Å². The Morgan fingerprint density at radius 2 is 1.08 bits per heavy atom. The first kappa shape index (κ1) is 10.3. The van der Waals surface area contributed by atoms with E-state index in [1.165, 1.54) is 38.5 Å². The van der Waals surface area contributed by atoms with Crippen molar-refractivity contribution in [1.29, 1.82) is 0 Å². The van der Waals surface area contributed by atoms with Gasteiger partial charge in [0, 0.05) is 0 Å². The number of allylic oxidation sites excluding steroid dienone is 6. The molecule has 0 nitrogen and oxygen atoms in total. The van der Waals surface area contributed by atoms with Crippen LogP contribution in [0.15, 0.2) is 36.5 Å². The van der Waals surface area contributed by atoms with E-state index in [9.17, 15) is 0 Å². The second kappa shape index (κ2) is 7.85. The van der Waals surface area contributed by atoms with Crippen LogP contribution >= 0.6 is 0 Å². The van der Waals surface area contributed by atoms with Crippen LogP contribution in [-0.4, -0.2) is 0 Å². The maximum absolute atomic E-state index is 2.28. The Hall–Kier alpha value is -0.780. The van der Waals surface area contributed by atoms with Gasteiger partial charge in [0.15, 0.2) is 0 Å². The topological polar surface area (TPSA) is 0 Å². The van der Waals surface area contributed by atoms with Crippen LogP contribution in [-0.2, 0) is 0 Å². The van der Waals surface area contributed by atoms with Crippen molar-refractivity contribution in [3.63, 3.8) is 0 Å². The Morgan fingerprint density at radius 3 is 1.77 bits per heavy atom. The van der Waals surface area contributed by atoms with E-state index in [1.54, 1.807) is 0 Å². The quantitative estimate of drug-likeness (QED) is 0.517. The molecule has 71 valence electrons. The van der Waals surface area contributed by atoms with Crippen LogP contribution in [0, 0.1) is 6.42 Å². The number of hydrogen-bond acceptors (Lipinski definition) is 0. The fourth-order valence-electron chi connectivity index (χ4n) is 1.35. The Labute approximate surface area is 82.0 Å². The highest BCUT2D eigenvalue weighted by Gasteiger charge is 1.85. The summed E-state index contributed by atoms with van der Waals surface area (Å²) in [5.41, 5.74) is 0. The molecule has 0 amide bonds. The zero-order valence-corrected chi connectivity index (χ0v) is 8.28. The Balaban J connectivity index is 2.28. The Bertz CT molecular complexity index is 184. The molecular weight excluding hydrogens is 156 g/mol. The third-order valence-electron chi connectivity index (χ3n) is 2.14. The molecular formula is C13H19. The molecule has 0 saturated heterocycles. The predicted octanol–water partition coefficient (Wildman–Crippen LogP) is 4.21. The monoisotopic (exact) mass is 175 g/mol. The number of rotatable bonds is 0. The van der Waals surface area contributed by atoms with Gasteiger partial charge in [-0.25, -0.2) is 0 Å². The summed E-state index contributed by atoms with van der Waals surface area (Å²) in [5.74, 6) is 0. The highest BCUT2D eigenvalue weighted by Crippen LogP contribution is 2.04. The maximum Gasteiger partial charge on any atom is -0.0170 e. The van der Waals surface area contributed by atoms with Gasteiger partial charge in [-0.2, -0.15) is 0 Å². The molecule has 0 fully saturated rings. The first-order valence-corrected chi connectivity index (χ1v) is 5.30. The molecule has 0 aliphatic heterocycles. The van der Waals surface area contributed by atoms with E-state index in [-0.39, 0.29) is 0 Å². The van der Waals surface area contributed by atoms with Crippen molar-refractivity contribution in [2.75, 3.05) is 0 Å². The largest absolute Gasteiger partial charge is 0.0882 e. The number of hydrogen-bond donors (Lipinski definition) is 0. The van der Waals surface area contributed by atoms with Crippen LogP contribution in [0.1, 0.15) is 38.5 Å². The van der Waals surface area contributed by atoms with Gasteiger partial charge < -0.3 is 0 Å². The van der Waals surface area contributed by atoms with Gasteiger partial charge in [-0.3, -0.25) is 0 Å². The van der Waals surface area contributed by atoms with Crippen LogP contribution in [0.3, 0.4) is 0 Å². The van der Waals surface area contributed by atoms with E-state index < -0.39 is 0 Å². The van der Waals surface area contributed by atoms with E-state index in [0.29, 0.717) is 0 Å². The van der Waals surface area contributed by atoms with E-state index >= 15 is 0 Å². The molecule has 1 rings (SSSR count). The summed E-state index contributed by atoms with van der Waals surface area (Å²) in [6.45, 7) is 0. The van der Waals surface area contributed by atoms with Gasteiger partial charge in [0.05, 0.1) is 0 Å².